The molecule has 0 aromatic heterocycles. The van der Waals surface area contributed by atoms with Gasteiger partial charge in [0.1, 0.15) is 13.2 Å². The molecule has 0 bridgehead atoms. The average molecular weight is 915 g/mol. The summed E-state index contributed by atoms with van der Waals surface area (Å²) in [5, 5.41) is 0. The Hall–Kier alpha value is -3.93. The molecule has 0 radical (unpaired) electrons. The first kappa shape index (κ1) is 62.1. The first-order valence-corrected chi connectivity index (χ1v) is 26.9. The molecule has 0 fully saturated rings. The van der Waals surface area contributed by atoms with E-state index in [4.69, 9.17) is 14.2 Å². The van der Waals surface area contributed by atoms with E-state index in [-0.39, 0.29) is 31.1 Å². The van der Waals surface area contributed by atoms with Gasteiger partial charge in [-0.1, -0.05) is 207 Å². The van der Waals surface area contributed by atoms with Crippen molar-refractivity contribution < 1.29 is 28.6 Å². The van der Waals surface area contributed by atoms with Gasteiger partial charge in [-0.3, -0.25) is 14.4 Å². The molecule has 66 heavy (non-hydrogen) atoms. The van der Waals surface area contributed by atoms with Gasteiger partial charge in [0.25, 0.3) is 0 Å². The van der Waals surface area contributed by atoms with E-state index in [0.717, 1.165) is 167 Å². The Labute approximate surface area is 406 Å². The van der Waals surface area contributed by atoms with E-state index >= 15 is 0 Å². The van der Waals surface area contributed by atoms with Crippen LogP contribution in [0.3, 0.4) is 0 Å². The molecular weight excluding hydrogens is 817 g/mol. The van der Waals surface area contributed by atoms with Crippen molar-refractivity contribution in [2.45, 2.75) is 239 Å². The lowest BCUT2D eigenvalue weighted by Gasteiger charge is -2.18. The summed E-state index contributed by atoms with van der Waals surface area (Å²) in [6, 6.07) is 0. The first-order chi connectivity index (χ1) is 32.5. The van der Waals surface area contributed by atoms with Crippen molar-refractivity contribution in [2.24, 2.45) is 0 Å². The second-order valence-corrected chi connectivity index (χ2v) is 17.4. The standard InChI is InChI=1S/C60H98O6/c1-4-7-10-13-16-19-22-25-27-28-29-30-31-32-33-36-38-41-44-47-50-53-59(62)65-56-57(55-64-58(61)52-49-46-43-40-37-34-24-21-18-15-12-9-6-3)66-60(63)54-51-48-45-42-39-35-26-23-20-17-14-11-8-5-2/h7,10,12,14-17,19,21,23-27,29-30,32-33,57H,4-6,8-9,11,13,18,20,22,28,31,34-56H2,1-3H3/b10-7-,15-12-,17-14-,19-16-,24-21-,26-23-,27-25-,30-29-,33-32-. The van der Waals surface area contributed by atoms with Crippen molar-refractivity contribution in [3.63, 3.8) is 0 Å². The predicted molar refractivity (Wildman–Crippen MR) is 283 cm³/mol. The van der Waals surface area contributed by atoms with Gasteiger partial charge < -0.3 is 14.2 Å². The zero-order chi connectivity index (χ0) is 47.9. The summed E-state index contributed by atoms with van der Waals surface area (Å²) in [5.74, 6) is -0.950. The third-order valence-electron chi connectivity index (χ3n) is 11.0. The van der Waals surface area contributed by atoms with Crippen molar-refractivity contribution in [1.29, 1.82) is 0 Å². The number of ether oxygens (including phenoxy) is 3. The van der Waals surface area contributed by atoms with E-state index in [2.05, 4.69) is 130 Å². The highest BCUT2D eigenvalue weighted by Crippen LogP contribution is 2.13. The molecule has 0 saturated carbocycles. The van der Waals surface area contributed by atoms with Gasteiger partial charge in [0, 0.05) is 19.3 Å². The fourth-order valence-electron chi connectivity index (χ4n) is 6.93. The van der Waals surface area contributed by atoms with Crippen molar-refractivity contribution in [3.8, 4) is 0 Å². The lowest BCUT2D eigenvalue weighted by Crippen LogP contribution is -2.30. The van der Waals surface area contributed by atoms with Crippen molar-refractivity contribution >= 4 is 17.9 Å². The third-order valence-corrected chi connectivity index (χ3v) is 11.0. The number of hydrogen-bond donors (Lipinski definition) is 0. The van der Waals surface area contributed by atoms with E-state index < -0.39 is 6.10 Å². The fraction of sp³-hybridized carbons (Fsp3) is 0.650. The fourth-order valence-corrected chi connectivity index (χ4v) is 6.93. The normalized spacial score (nSPS) is 13.0. The predicted octanol–water partition coefficient (Wildman–Crippen LogP) is 17.9. The highest BCUT2D eigenvalue weighted by molar-refractivity contribution is 5.71. The van der Waals surface area contributed by atoms with Crippen LogP contribution >= 0.6 is 0 Å². The minimum Gasteiger partial charge on any atom is -0.462 e. The highest BCUT2D eigenvalue weighted by atomic mass is 16.6. The molecular formula is C60H98O6. The summed E-state index contributed by atoms with van der Waals surface area (Å²) in [5.41, 5.74) is 0. The molecule has 6 heteroatoms. The third kappa shape index (κ3) is 51.1. The Kier molecular flexibility index (Phi) is 50.5. The minimum absolute atomic E-state index is 0.0994. The lowest BCUT2D eigenvalue weighted by molar-refractivity contribution is -0.167. The number of hydrogen-bond acceptors (Lipinski definition) is 6. The Morgan fingerprint density at radius 1 is 0.318 bits per heavy atom. The molecule has 1 unspecified atom stereocenters. The molecule has 0 aliphatic heterocycles. The largest absolute Gasteiger partial charge is 0.462 e. The molecule has 1 atom stereocenters. The van der Waals surface area contributed by atoms with Crippen LogP contribution in [0.2, 0.25) is 0 Å². The van der Waals surface area contributed by atoms with Crippen LogP contribution in [0.25, 0.3) is 0 Å². The smallest absolute Gasteiger partial charge is 0.306 e. The van der Waals surface area contributed by atoms with Crippen LogP contribution in [0.5, 0.6) is 0 Å². The van der Waals surface area contributed by atoms with Gasteiger partial charge in [0.2, 0.25) is 0 Å². The van der Waals surface area contributed by atoms with Crippen molar-refractivity contribution in [3.05, 3.63) is 109 Å². The van der Waals surface area contributed by atoms with Gasteiger partial charge in [0.15, 0.2) is 6.10 Å². The van der Waals surface area contributed by atoms with Gasteiger partial charge in [-0.2, -0.15) is 0 Å². The molecule has 0 aliphatic carbocycles. The van der Waals surface area contributed by atoms with E-state index in [1.54, 1.807) is 0 Å². The number of unbranched alkanes of at least 4 members (excludes halogenated alkanes) is 18. The van der Waals surface area contributed by atoms with Crippen LogP contribution in [0.15, 0.2) is 109 Å². The zero-order valence-electron chi connectivity index (χ0n) is 42.7. The summed E-state index contributed by atoms with van der Waals surface area (Å²) >= 11 is 0. The molecule has 0 saturated heterocycles. The number of carbonyl (C=O) groups is 3. The molecule has 374 valence electrons. The first-order valence-electron chi connectivity index (χ1n) is 26.9. The average Bonchev–Trinajstić information content (AvgIpc) is 3.31. The van der Waals surface area contributed by atoms with E-state index in [1.165, 1.54) is 25.7 Å². The van der Waals surface area contributed by atoms with Gasteiger partial charge >= 0.3 is 17.9 Å². The van der Waals surface area contributed by atoms with Crippen LogP contribution in [0.1, 0.15) is 233 Å². The number of esters is 3. The van der Waals surface area contributed by atoms with Crippen LogP contribution < -0.4 is 0 Å². The monoisotopic (exact) mass is 915 g/mol. The van der Waals surface area contributed by atoms with Crippen LogP contribution in [0, 0.1) is 0 Å². The maximum atomic E-state index is 12.8. The molecule has 0 aromatic carbocycles. The Balaban J connectivity index is 4.44. The summed E-state index contributed by atoms with van der Waals surface area (Å²) in [6.45, 7) is 6.37. The lowest BCUT2D eigenvalue weighted by atomic mass is 10.1. The SMILES string of the molecule is CC/C=C\C/C=C\C/C=C\C/C=C\C/C=C\CCCCCCCC(=O)OCC(COC(=O)CCCCCCC/C=C\C/C=C\CCC)OC(=O)CCCCCCC/C=C\C/C=C\CCCC. The molecule has 0 N–H and O–H groups in total. The second kappa shape index (κ2) is 53.7. The number of allylic oxidation sites excluding steroid dienone is 18. The summed E-state index contributed by atoms with van der Waals surface area (Å²) in [4.78, 5) is 38.0. The van der Waals surface area contributed by atoms with E-state index in [0.29, 0.717) is 19.3 Å². The van der Waals surface area contributed by atoms with Crippen LogP contribution in [-0.4, -0.2) is 37.2 Å². The van der Waals surface area contributed by atoms with Crippen LogP contribution in [-0.2, 0) is 28.6 Å². The van der Waals surface area contributed by atoms with Gasteiger partial charge in [0.05, 0.1) is 0 Å². The number of carbonyl (C=O) groups excluding carboxylic acids is 3. The van der Waals surface area contributed by atoms with Gasteiger partial charge in [-0.15, -0.1) is 0 Å². The number of rotatable bonds is 47. The maximum absolute atomic E-state index is 12.8. The summed E-state index contributed by atoms with van der Waals surface area (Å²) in [6.07, 6.45) is 72.1. The molecule has 0 aliphatic rings. The molecule has 0 aromatic rings. The van der Waals surface area contributed by atoms with Crippen LogP contribution in [0.4, 0.5) is 0 Å². The quantitative estimate of drug-likeness (QED) is 0.0262. The Morgan fingerprint density at radius 2 is 0.621 bits per heavy atom. The Morgan fingerprint density at radius 3 is 0.985 bits per heavy atom. The van der Waals surface area contributed by atoms with Gasteiger partial charge in [-0.05, 0) is 116 Å². The molecule has 6 nitrogen and oxygen atoms in total. The zero-order valence-corrected chi connectivity index (χ0v) is 42.7. The summed E-state index contributed by atoms with van der Waals surface area (Å²) in [7, 11) is 0. The highest BCUT2D eigenvalue weighted by Gasteiger charge is 2.19. The van der Waals surface area contributed by atoms with Crippen molar-refractivity contribution in [2.75, 3.05) is 13.2 Å². The second-order valence-electron chi connectivity index (χ2n) is 17.4. The topological polar surface area (TPSA) is 78.9 Å². The minimum atomic E-state index is -0.801. The molecule has 0 spiro atoms. The van der Waals surface area contributed by atoms with Gasteiger partial charge in [-0.25, -0.2) is 0 Å². The van der Waals surface area contributed by atoms with E-state index in [1.807, 2.05) is 0 Å². The Bertz CT molecular complexity index is 1370. The molecule has 0 rings (SSSR count). The summed E-state index contributed by atoms with van der Waals surface area (Å²) < 4.78 is 16.8. The van der Waals surface area contributed by atoms with Crippen molar-refractivity contribution in [1.82, 2.24) is 0 Å². The van der Waals surface area contributed by atoms with E-state index in [9.17, 15) is 14.4 Å². The maximum Gasteiger partial charge on any atom is 0.306 e. The molecule has 0 amide bonds. The molecule has 0 heterocycles.